The van der Waals surface area contributed by atoms with Gasteiger partial charge in [-0.15, -0.1) is 10.2 Å². The predicted molar refractivity (Wildman–Crippen MR) is 130 cm³/mol. The minimum atomic E-state index is 0.373. The maximum Gasteiger partial charge on any atom is 0.265 e. The molecule has 0 spiro atoms. The summed E-state index contributed by atoms with van der Waals surface area (Å²) in [7, 11) is 0. The first-order chi connectivity index (χ1) is 15.8. The number of benzene rings is 2. The van der Waals surface area contributed by atoms with Crippen molar-refractivity contribution in [1.29, 1.82) is 0 Å². The van der Waals surface area contributed by atoms with E-state index in [0.29, 0.717) is 12.6 Å². The summed E-state index contributed by atoms with van der Waals surface area (Å²) in [5, 5.41) is 14.1. The number of hydrogen-bond acceptors (Lipinski definition) is 6. The molecule has 0 amide bonds. The van der Waals surface area contributed by atoms with Crippen LogP contribution in [0.4, 0.5) is 5.95 Å². The average Bonchev–Trinajstić information content (AvgIpc) is 3.14. The van der Waals surface area contributed by atoms with Crippen LogP contribution in [0.25, 0.3) is 22.1 Å². The largest absolute Gasteiger partial charge is 0.493 e. The molecule has 4 aromatic rings. The van der Waals surface area contributed by atoms with Crippen LogP contribution in [0.15, 0.2) is 53.6 Å². The lowest BCUT2D eigenvalue weighted by Crippen LogP contribution is -2.04. The molecule has 0 saturated heterocycles. The summed E-state index contributed by atoms with van der Waals surface area (Å²) in [6.07, 6.45) is 7.46. The van der Waals surface area contributed by atoms with Crippen LogP contribution in [0.2, 0.25) is 0 Å². The number of hydrogen-bond donors (Lipinski definition) is 1. The SMILES string of the molecule is CCCCCCn1c2ccccc2c2nnc(N/N=C/c3ccccc3OCCC)nc21. The number of hydrazone groups is 1. The summed E-state index contributed by atoms with van der Waals surface area (Å²) < 4.78 is 8.03. The van der Waals surface area contributed by atoms with Crippen LogP contribution in [0.5, 0.6) is 5.75 Å². The fourth-order valence-electron chi connectivity index (χ4n) is 3.76. The van der Waals surface area contributed by atoms with E-state index in [0.717, 1.165) is 52.8 Å². The van der Waals surface area contributed by atoms with E-state index in [2.05, 4.69) is 57.3 Å². The monoisotopic (exact) mass is 430 g/mol. The van der Waals surface area contributed by atoms with Gasteiger partial charge in [-0.2, -0.15) is 10.1 Å². The number of anilines is 1. The highest BCUT2D eigenvalue weighted by Crippen LogP contribution is 2.27. The summed E-state index contributed by atoms with van der Waals surface area (Å²) >= 11 is 0. The van der Waals surface area contributed by atoms with E-state index in [1.165, 1.54) is 19.3 Å². The van der Waals surface area contributed by atoms with Crippen molar-refractivity contribution in [3.8, 4) is 5.75 Å². The second-order valence-electron chi connectivity index (χ2n) is 7.79. The molecule has 7 nitrogen and oxygen atoms in total. The Balaban J connectivity index is 1.58. The lowest BCUT2D eigenvalue weighted by atomic mass is 10.2. The molecule has 166 valence electrons. The third-order valence-electron chi connectivity index (χ3n) is 5.36. The molecule has 0 aliphatic heterocycles. The van der Waals surface area contributed by atoms with Crippen molar-refractivity contribution in [2.45, 2.75) is 52.5 Å². The molecule has 32 heavy (non-hydrogen) atoms. The molecule has 4 rings (SSSR count). The molecular formula is C25H30N6O. The average molecular weight is 431 g/mol. The Bertz CT molecular complexity index is 1200. The Morgan fingerprint density at radius 3 is 2.69 bits per heavy atom. The second kappa shape index (κ2) is 10.7. The van der Waals surface area contributed by atoms with Crippen molar-refractivity contribution >= 4 is 34.2 Å². The molecule has 1 N–H and O–H groups in total. The van der Waals surface area contributed by atoms with Gasteiger partial charge in [-0.3, -0.25) is 0 Å². The molecule has 0 atom stereocenters. The van der Waals surface area contributed by atoms with Crippen LogP contribution < -0.4 is 10.2 Å². The van der Waals surface area contributed by atoms with E-state index in [1.807, 2.05) is 30.3 Å². The maximum atomic E-state index is 5.78. The molecule has 0 aliphatic carbocycles. The Labute approximate surface area is 188 Å². The van der Waals surface area contributed by atoms with E-state index in [9.17, 15) is 0 Å². The van der Waals surface area contributed by atoms with Crippen molar-refractivity contribution < 1.29 is 4.74 Å². The van der Waals surface area contributed by atoms with E-state index >= 15 is 0 Å². The van der Waals surface area contributed by atoms with E-state index in [4.69, 9.17) is 9.72 Å². The molecule has 2 heterocycles. The van der Waals surface area contributed by atoms with Gasteiger partial charge in [0.25, 0.3) is 5.95 Å². The fraction of sp³-hybridized carbons (Fsp3) is 0.360. The Morgan fingerprint density at radius 2 is 1.81 bits per heavy atom. The van der Waals surface area contributed by atoms with Crippen molar-refractivity contribution in [2.24, 2.45) is 5.10 Å². The number of para-hydroxylation sites is 2. The molecule has 0 fully saturated rings. The standard InChI is InChI=1S/C25H30N6O/c1-3-5-6-11-16-31-21-14-9-8-13-20(21)23-24(31)27-25(30-28-23)29-26-18-19-12-7-10-15-22(19)32-17-4-2/h7-10,12-15,18H,3-6,11,16-17H2,1-2H3,(H,27,29,30)/b26-18+. The Hall–Kier alpha value is -3.48. The van der Waals surface area contributed by atoms with Crippen LogP contribution >= 0.6 is 0 Å². The number of nitrogens with one attached hydrogen (secondary N) is 1. The van der Waals surface area contributed by atoms with Crippen LogP contribution in [0, 0.1) is 0 Å². The van der Waals surface area contributed by atoms with E-state index < -0.39 is 0 Å². The first-order valence-electron chi connectivity index (χ1n) is 11.4. The van der Waals surface area contributed by atoms with Crippen molar-refractivity contribution in [2.75, 3.05) is 12.0 Å². The number of aromatic nitrogens is 4. The highest BCUT2D eigenvalue weighted by molar-refractivity contribution is 6.04. The topological polar surface area (TPSA) is 77.2 Å². The number of ether oxygens (including phenoxy) is 1. The lowest BCUT2D eigenvalue weighted by molar-refractivity contribution is 0.317. The van der Waals surface area contributed by atoms with E-state index in [1.54, 1.807) is 6.21 Å². The highest BCUT2D eigenvalue weighted by atomic mass is 16.5. The van der Waals surface area contributed by atoms with Crippen molar-refractivity contribution in [3.63, 3.8) is 0 Å². The highest BCUT2D eigenvalue weighted by Gasteiger charge is 2.14. The summed E-state index contributed by atoms with van der Waals surface area (Å²) in [5.41, 5.74) is 6.63. The van der Waals surface area contributed by atoms with Gasteiger partial charge in [0, 0.05) is 17.5 Å². The Kier molecular flexibility index (Phi) is 7.27. The molecule has 0 unspecified atom stereocenters. The molecule has 2 aromatic heterocycles. The third kappa shape index (κ3) is 4.88. The maximum absolute atomic E-state index is 5.78. The molecular weight excluding hydrogens is 400 g/mol. The number of nitrogens with zero attached hydrogens (tertiary/aromatic N) is 5. The first-order valence-corrected chi connectivity index (χ1v) is 11.4. The van der Waals surface area contributed by atoms with Gasteiger partial charge in [0.2, 0.25) is 0 Å². The van der Waals surface area contributed by atoms with Crippen molar-refractivity contribution in [1.82, 2.24) is 19.7 Å². The van der Waals surface area contributed by atoms with Crippen LogP contribution in [-0.4, -0.2) is 32.6 Å². The molecule has 0 saturated carbocycles. The van der Waals surface area contributed by atoms with Crippen molar-refractivity contribution in [3.05, 3.63) is 54.1 Å². The van der Waals surface area contributed by atoms with Crippen LogP contribution in [0.1, 0.15) is 51.5 Å². The first kappa shape index (κ1) is 21.7. The number of aryl methyl sites for hydroxylation is 1. The minimum absolute atomic E-state index is 0.373. The summed E-state index contributed by atoms with van der Waals surface area (Å²) in [5.74, 6) is 1.18. The fourth-order valence-corrected chi connectivity index (χ4v) is 3.76. The zero-order valence-corrected chi connectivity index (χ0v) is 18.8. The second-order valence-corrected chi connectivity index (χ2v) is 7.79. The number of rotatable bonds is 11. The minimum Gasteiger partial charge on any atom is -0.493 e. The van der Waals surface area contributed by atoms with Gasteiger partial charge in [-0.05, 0) is 31.0 Å². The molecule has 0 radical (unpaired) electrons. The summed E-state index contributed by atoms with van der Waals surface area (Å²) in [6, 6.07) is 16.1. The molecule has 0 aliphatic rings. The van der Waals surface area contributed by atoms with Crippen LogP contribution in [0.3, 0.4) is 0 Å². The third-order valence-corrected chi connectivity index (χ3v) is 5.36. The number of unbranched alkanes of at least 4 members (excludes halogenated alkanes) is 3. The summed E-state index contributed by atoms with van der Waals surface area (Å²) in [4.78, 5) is 4.75. The van der Waals surface area contributed by atoms with Gasteiger partial charge in [0.1, 0.15) is 11.3 Å². The van der Waals surface area contributed by atoms with Gasteiger partial charge in [-0.25, -0.2) is 5.43 Å². The molecule has 7 heteroatoms. The van der Waals surface area contributed by atoms with Gasteiger partial charge in [0.05, 0.1) is 18.3 Å². The van der Waals surface area contributed by atoms with E-state index in [-0.39, 0.29) is 0 Å². The quantitative estimate of drug-likeness (QED) is 0.185. The predicted octanol–water partition coefficient (Wildman–Crippen LogP) is 5.79. The van der Waals surface area contributed by atoms with Gasteiger partial charge >= 0.3 is 0 Å². The molecule has 0 bridgehead atoms. The van der Waals surface area contributed by atoms with Crippen LogP contribution in [-0.2, 0) is 6.54 Å². The normalized spacial score (nSPS) is 11.6. The Morgan fingerprint density at radius 1 is 0.969 bits per heavy atom. The van der Waals surface area contributed by atoms with Gasteiger partial charge in [-0.1, -0.05) is 63.4 Å². The smallest absolute Gasteiger partial charge is 0.265 e. The van der Waals surface area contributed by atoms with Gasteiger partial charge < -0.3 is 9.30 Å². The van der Waals surface area contributed by atoms with Gasteiger partial charge in [0.15, 0.2) is 5.65 Å². The summed E-state index contributed by atoms with van der Waals surface area (Å²) in [6.45, 7) is 5.89. The molecule has 2 aromatic carbocycles. The zero-order chi connectivity index (χ0) is 22.2. The zero-order valence-electron chi connectivity index (χ0n) is 18.8. The lowest BCUT2D eigenvalue weighted by Gasteiger charge is -2.07. The number of fused-ring (bicyclic) bond motifs is 3.